The van der Waals surface area contributed by atoms with Crippen molar-refractivity contribution in [2.45, 2.75) is 19.9 Å². The van der Waals surface area contributed by atoms with Gasteiger partial charge in [-0.15, -0.1) is 0 Å². The van der Waals surface area contributed by atoms with Crippen LogP contribution in [0.3, 0.4) is 0 Å². The second-order valence-corrected chi connectivity index (χ2v) is 5.39. The largest absolute Gasteiger partial charge is 0.457 e. The molecule has 1 aromatic heterocycles. The van der Waals surface area contributed by atoms with Crippen LogP contribution in [0.15, 0.2) is 54.9 Å². The zero-order chi connectivity index (χ0) is 17.6. The van der Waals surface area contributed by atoms with Crippen LogP contribution in [0.2, 0.25) is 0 Å². The Hall–Kier alpha value is -3.02. The van der Waals surface area contributed by atoms with Crippen LogP contribution < -0.4 is 10.1 Å². The van der Waals surface area contributed by atoms with Gasteiger partial charge in [0.15, 0.2) is 11.6 Å². The summed E-state index contributed by atoms with van der Waals surface area (Å²) >= 11 is 0. The summed E-state index contributed by atoms with van der Waals surface area (Å²) in [5.41, 5.74) is 1.34. The number of ether oxygens (including phenoxy) is 1. The Bertz CT molecular complexity index is 836. The fourth-order valence-corrected chi connectivity index (χ4v) is 2.28. The second kappa shape index (κ2) is 7.70. The number of hydrogen-bond acceptors (Lipinski definition) is 4. The number of aryl methyl sites for hydroxylation is 1. The van der Waals surface area contributed by atoms with Gasteiger partial charge in [0.1, 0.15) is 23.6 Å². The number of nitrogens with one attached hydrogen (secondary N) is 1. The third-order valence-corrected chi connectivity index (χ3v) is 3.63. The molecule has 0 aliphatic heterocycles. The van der Waals surface area contributed by atoms with Crippen molar-refractivity contribution in [3.8, 4) is 11.5 Å². The molecule has 1 N–H and O–H groups in total. The summed E-state index contributed by atoms with van der Waals surface area (Å²) < 4.78 is 32.6. The van der Waals surface area contributed by atoms with E-state index in [1.807, 2.05) is 19.1 Å². The van der Waals surface area contributed by atoms with Crippen LogP contribution in [0.25, 0.3) is 0 Å². The number of anilines is 1. The number of hydrogen-bond donors (Lipinski definition) is 1. The normalized spacial score (nSPS) is 10.5. The van der Waals surface area contributed by atoms with Gasteiger partial charge in [0.05, 0.1) is 5.69 Å². The zero-order valence-electron chi connectivity index (χ0n) is 13.7. The third-order valence-electron chi connectivity index (χ3n) is 3.63. The third kappa shape index (κ3) is 4.29. The van der Waals surface area contributed by atoms with Gasteiger partial charge in [-0.2, -0.15) is 0 Å². The van der Waals surface area contributed by atoms with Crippen molar-refractivity contribution >= 4 is 5.82 Å². The summed E-state index contributed by atoms with van der Waals surface area (Å²) in [5.74, 6) is 0.663. The average Bonchev–Trinajstić information content (AvgIpc) is 2.64. The molecule has 0 unspecified atom stereocenters. The first-order valence-corrected chi connectivity index (χ1v) is 7.91. The molecule has 128 valence electrons. The van der Waals surface area contributed by atoms with Crippen LogP contribution in [0, 0.1) is 11.6 Å². The molecule has 0 aliphatic rings. The van der Waals surface area contributed by atoms with Gasteiger partial charge in [-0.1, -0.05) is 19.1 Å². The first kappa shape index (κ1) is 16.8. The number of nitrogens with zero attached hydrogens (tertiary/aromatic N) is 2. The Balaban J connectivity index is 1.62. The van der Waals surface area contributed by atoms with Gasteiger partial charge in [-0.3, -0.25) is 0 Å². The number of aromatic nitrogens is 2. The highest BCUT2D eigenvalue weighted by Crippen LogP contribution is 2.22. The fourth-order valence-electron chi connectivity index (χ4n) is 2.28. The monoisotopic (exact) mass is 341 g/mol. The fraction of sp³-hybridized carbons (Fsp3) is 0.158. The van der Waals surface area contributed by atoms with Crippen LogP contribution in [-0.2, 0) is 13.0 Å². The Labute approximate surface area is 144 Å². The maximum absolute atomic E-state index is 14.1. The topological polar surface area (TPSA) is 47.0 Å². The lowest BCUT2D eigenvalue weighted by atomic mass is 10.2. The minimum absolute atomic E-state index is 0.193. The summed E-state index contributed by atoms with van der Waals surface area (Å²) in [5, 5.41) is 2.97. The predicted molar refractivity (Wildman–Crippen MR) is 91.6 cm³/mol. The summed E-state index contributed by atoms with van der Waals surface area (Å²) in [6.45, 7) is 2.27. The minimum atomic E-state index is -0.415. The minimum Gasteiger partial charge on any atom is -0.457 e. The second-order valence-electron chi connectivity index (χ2n) is 5.39. The molecule has 0 radical (unpaired) electrons. The van der Waals surface area contributed by atoms with Crippen molar-refractivity contribution < 1.29 is 13.5 Å². The Kier molecular flexibility index (Phi) is 5.18. The SMILES string of the molecule is CCc1ncnc(NCc2ccc(Oc3ccc(F)cc3)cc2)c1F. The van der Waals surface area contributed by atoms with Gasteiger partial charge >= 0.3 is 0 Å². The summed E-state index contributed by atoms with van der Waals surface area (Å²) in [7, 11) is 0. The van der Waals surface area contributed by atoms with Crippen molar-refractivity contribution in [2.24, 2.45) is 0 Å². The highest BCUT2D eigenvalue weighted by Gasteiger charge is 2.09. The lowest BCUT2D eigenvalue weighted by Gasteiger charge is -2.09. The van der Waals surface area contributed by atoms with Crippen molar-refractivity contribution in [3.63, 3.8) is 0 Å². The van der Waals surface area contributed by atoms with Crippen LogP contribution in [0.1, 0.15) is 18.2 Å². The van der Waals surface area contributed by atoms with E-state index in [1.165, 1.54) is 18.5 Å². The van der Waals surface area contributed by atoms with Crippen LogP contribution in [0.4, 0.5) is 14.6 Å². The molecule has 0 saturated carbocycles. The lowest BCUT2D eigenvalue weighted by molar-refractivity contribution is 0.480. The Morgan fingerprint density at radius 1 is 0.920 bits per heavy atom. The van der Waals surface area contributed by atoms with Gasteiger partial charge in [0.2, 0.25) is 0 Å². The number of halogens is 2. The molecule has 0 amide bonds. The maximum atomic E-state index is 14.1. The molecule has 25 heavy (non-hydrogen) atoms. The van der Waals surface area contributed by atoms with E-state index in [1.54, 1.807) is 24.3 Å². The van der Waals surface area contributed by atoms with Crippen molar-refractivity contribution in [1.29, 1.82) is 0 Å². The Morgan fingerprint density at radius 3 is 2.20 bits per heavy atom. The molecule has 0 saturated heterocycles. The molecule has 6 heteroatoms. The molecule has 3 rings (SSSR count). The smallest absolute Gasteiger partial charge is 0.186 e. The van der Waals surface area contributed by atoms with Gasteiger partial charge < -0.3 is 10.1 Å². The van der Waals surface area contributed by atoms with Crippen LogP contribution in [0.5, 0.6) is 11.5 Å². The van der Waals surface area contributed by atoms with E-state index < -0.39 is 5.82 Å². The molecular formula is C19H17F2N3O. The van der Waals surface area contributed by atoms with E-state index in [2.05, 4.69) is 15.3 Å². The highest BCUT2D eigenvalue weighted by molar-refractivity contribution is 5.39. The number of benzene rings is 2. The van der Waals surface area contributed by atoms with E-state index in [4.69, 9.17) is 4.74 Å². The summed E-state index contributed by atoms with van der Waals surface area (Å²) in [6.07, 6.45) is 1.86. The molecule has 3 aromatic rings. The average molecular weight is 341 g/mol. The molecule has 0 fully saturated rings. The molecule has 0 bridgehead atoms. The van der Waals surface area contributed by atoms with Crippen molar-refractivity contribution in [2.75, 3.05) is 5.32 Å². The zero-order valence-corrected chi connectivity index (χ0v) is 13.7. The van der Waals surface area contributed by atoms with Gasteiger partial charge in [-0.25, -0.2) is 18.7 Å². The molecule has 0 spiro atoms. The van der Waals surface area contributed by atoms with Gasteiger partial charge in [0, 0.05) is 6.54 Å². The Morgan fingerprint density at radius 2 is 1.56 bits per heavy atom. The predicted octanol–water partition coefficient (Wildman–Crippen LogP) is 4.72. The van der Waals surface area contributed by atoms with E-state index in [0.717, 1.165) is 5.56 Å². The maximum Gasteiger partial charge on any atom is 0.186 e. The van der Waals surface area contributed by atoms with Crippen LogP contribution in [-0.4, -0.2) is 9.97 Å². The molecule has 1 heterocycles. The van der Waals surface area contributed by atoms with E-state index in [-0.39, 0.29) is 11.6 Å². The molecule has 0 aliphatic carbocycles. The quantitative estimate of drug-likeness (QED) is 0.705. The van der Waals surface area contributed by atoms with Crippen molar-refractivity contribution in [3.05, 3.63) is 77.8 Å². The number of rotatable bonds is 6. The highest BCUT2D eigenvalue weighted by atomic mass is 19.1. The van der Waals surface area contributed by atoms with Gasteiger partial charge in [0.25, 0.3) is 0 Å². The standard InChI is InChI=1S/C19H17F2N3O/c1-2-17-18(21)19(24-12-23-17)22-11-13-3-7-15(8-4-13)25-16-9-5-14(20)6-10-16/h3-10,12H,2,11H2,1H3,(H,22,23,24). The van der Waals surface area contributed by atoms with E-state index in [9.17, 15) is 8.78 Å². The molecular weight excluding hydrogens is 324 g/mol. The van der Waals surface area contributed by atoms with Gasteiger partial charge in [-0.05, 0) is 48.4 Å². The molecule has 0 atom stereocenters. The van der Waals surface area contributed by atoms with Crippen LogP contribution >= 0.6 is 0 Å². The first-order chi connectivity index (χ1) is 12.2. The first-order valence-electron chi connectivity index (χ1n) is 7.91. The molecule has 2 aromatic carbocycles. The van der Waals surface area contributed by atoms with E-state index >= 15 is 0 Å². The lowest BCUT2D eigenvalue weighted by Crippen LogP contribution is -2.06. The van der Waals surface area contributed by atoms with E-state index in [0.29, 0.717) is 30.2 Å². The summed E-state index contributed by atoms with van der Waals surface area (Å²) in [4.78, 5) is 7.83. The summed E-state index contributed by atoms with van der Waals surface area (Å²) in [6, 6.07) is 13.1. The van der Waals surface area contributed by atoms with Crippen molar-refractivity contribution in [1.82, 2.24) is 9.97 Å². The molecule has 4 nitrogen and oxygen atoms in total.